The Morgan fingerprint density at radius 1 is 1.50 bits per heavy atom. The molecule has 3 aliphatic heterocycles. The van der Waals surface area contributed by atoms with Gasteiger partial charge in [0.15, 0.2) is 5.60 Å². The van der Waals surface area contributed by atoms with Gasteiger partial charge < -0.3 is 9.94 Å². The molecule has 0 radical (unpaired) electrons. The number of hydrogen-bond donors (Lipinski definition) is 1. The van der Waals surface area contributed by atoms with E-state index in [1.54, 1.807) is 6.08 Å². The largest absolute Gasteiger partial charge is 0.449 e. The quantitative estimate of drug-likeness (QED) is 0.405. The lowest BCUT2D eigenvalue weighted by Crippen LogP contribution is -2.48. The second-order valence-electron chi connectivity index (χ2n) is 5.53. The maximum absolute atomic E-state index is 11.5. The molecule has 0 aromatic rings. The molecule has 108 valence electrons. The lowest BCUT2D eigenvalue weighted by molar-refractivity contribution is -0.742. The molecular weight excluding hydrogens is 264 g/mol. The SMILES string of the molecule is O=C1C=C2C=C[C@@H]3C[C@@]2(O1)[C@H]1CCCCN31.O=[N+]([O-])O. The van der Waals surface area contributed by atoms with E-state index >= 15 is 0 Å². The van der Waals surface area contributed by atoms with Gasteiger partial charge in [0.2, 0.25) is 0 Å². The normalized spacial score (nSPS) is 37.2. The minimum atomic E-state index is -1.50. The van der Waals surface area contributed by atoms with Gasteiger partial charge in [-0.1, -0.05) is 18.6 Å². The standard InChI is InChI=1S/C13H15NO2.HNO3/c15-12-7-9-4-5-10-8-13(9,16-12)11-3-1-2-6-14(10)11;2-1(3)4/h4-5,7,10-11H,1-3,6,8H2;(H,2,3,4)/t10-,11-,13+;/m1./s1. The summed E-state index contributed by atoms with van der Waals surface area (Å²) in [5.74, 6) is -0.146. The molecule has 7 nitrogen and oxygen atoms in total. The van der Waals surface area contributed by atoms with Crippen LogP contribution in [-0.2, 0) is 9.53 Å². The summed E-state index contributed by atoms with van der Waals surface area (Å²) in [5, 5.41) is 13.6. The van der Waals surface area contributed by atoms with Crippen molar-refractivity contribution in [3.8, 4) is 0 Å². The number of rotatable bonds is 0. The van der Waals surface area contributed by atoms with Gasteiger partial charge >= 0.3 is 5.97 Å². The minimum absolute atomic E-state index is 0.146. The Balaban J connectivity index is 0.000000272. The lowest BCUT2D eigenvalue weighted by atomic mass is 9.80. The summed E-state index contributed by atoms with van der Waals surface area (Å²) in [6.45, 7) is 1.16. The van der Waals surface area contributed by atoms with Crippen LogP contribution in [0.3, 0.4) is 0 Å². The first-order valence-electron chi connectivity index (χ1n) is 6.75. The zero-order valence-electron chi connectivity index (χ0n) is 10.9. The van der Waals surface area contributed by atoms with E-state index in [0.717, 1.165) is 18.5 Å². The van der Waals surface area contributed by atoms with Crippen LogP contribution in [0.15, 0.2) is 23.8 Å². The van der Waals surface area contributed by atoms with Crippen molar-refractivity contribution in [3.63, 3.8) is 0 Å². The van der Waals surface area contributed by atoms with Gasteiger partial charge in [-0.3, -0.25) is 4.90 Å². The fourth-order valence-corrected chi connectivity index (χ4v) is 3.94. The molecule has 2 bridgehead atoms. The fourth-order valence-electron chi connectivity index (χ4n) is 3.94. The highest BCUT2D eigenvalue weighted by atomic mass is 16.9. The molecule has 4 aliphatic rings. The van der Waals surface area contributed by atoms with E-state index < -0.39 is 5.09 Å². The van der Waals surface area contributed by atoms with E-state index in [1.807, 2.05) is 0 Å². The third-order valence-corrected chi connectivity index (χ3v) is 4.56. The Bertz CT molecular complexity index is 511. The van der Waals surface area contributed by atoms with E-state index in [9.17, 15) is 4.79 Å². The topological polar surface area (TPSA) is 92.9 Å². The number of hydrogen-bond acceptors (Lipinski definition) is 5. The van der Waals surface area contributed by atoms with Gasteiger partial charge in [-0.2, -0.15) is 0 Å². The summed E-state index contributed by atoms with van der Waals surface area (Å²) in [6, 6.07) is 0.923. The van der Waals surface area contributed by atoms with Gasteiger partial charge in [0.05, 0.1) is 6.04 Å². The first-order valence-corrected chi connectivity index (χ1v) is 6.75. The highest BCUT2D eigenvalue weighted by Gasteiger charge is 2.59. The second kappa shape index (κ2) is 4.59. The summed E-state index contributed by atoms with van der Waals surface area (Å²) >= 11 is 0. The molecule has 4 rings (SSSR count). The van der Waals surface area contributed by atoms with Crippen LogP contribution in [0.5, 0.6) is 0 Å². The molecule has 0 unspecified atom stereocenters. The van der Waals surface area contributed by atoms with Crippen LogP contribution < -0.4 is 0 Å². The number of piperidine rings is 1. The summed E-state index contributed by atoms with van der Waals surface area (Å²) in [4.78, 5) is 22.4. The predicted molar refractivity (Wildman–Crippen MR) is 67.6 cm³/mol. The van der Waals surface area contributed by atoms with Crippen molar-refractivity contribution in [1.29, 1.82) is 0 Å². The van der Waals surface area contributed by atoms with Crippen LogP contribution in [0.1, 0.15) is 25.7 Å². The van der Waals surface area contributed by atoms with E-state index in [2.05, 4.69) is 17.1 Å². The number of carbonyl (C=O) groups excluding carboxylic acids is 1. The van der Waals surface area contributed by atoms with E-state index in [4.69, 9.17) is 20.1 Å². The molecule has 0 saturated carbocycles. The van der Waals surface area contributed by atoms with Crippen LogP contribution in [0.25, 0.3) is 0 Å². The molecular formula is C13H16N2O5. The average molecular weight is 280 g/mol. The van der Waals surface area contributed by atoms with Gasteiger partial charge in [-0.25, -0.2) is 4.79 Å². The van der Waals surface area contributed by atoms with Crippen molar-refractivity contribution in [1.82, 2.24) is 4.90 Å². The van der Waals surface area contributed by atoms with Crippen molar-refractivity contribution in [2.45, 2.75) is 43.4 Å². The van der Waals surface area contributed by atoms with Gasteiger partial charge in [0.25, 0.3) is 5.09 Å². The Labute approximate surface area is 115 Å². The molecule has 0 aromatic heterocycles. The molecule has 2 saturated heterocycles. The molecule has 0 aromatic carbocycles. The van der Waals surface area contributed by atoms with Crippen LogP contribution in [0.2, 0.25) is 0 Å². The number of esters is 1. The summed E-state index contributed by atoms with van der Waals surface area (Å²) in [5.41, 5.74) is 0.833. The molecule has 3 atom stereocenters. The second-order valence-corrected chi connectivity index (χ2v) is 5.53. The first-order chi connectivity index (χ1) is 9.53. The molecule has 3 heterocycles. The molecule has 0 amide bonds. The first kappa shape index (κ1) is 13.1. The zero-order chi connectivity index (χ0) is 14.3. The summed E-state index contributed by atoms with van der Waals surface area (Å²) in [7, 11) is 0. The molecule has 7 heteroatoms. The molecule has 1 N–H and O–H groups in total. The van der Waals surface area contributed by atoms with E-state index in [0.29, 0.717) is 12.1 Å². The van der Waals surface area contributed by atoms with Gasteiger partial charge in [-0.05, 0) is 19.4 Å². The zero-order valence-corrected chi connectivity index (χ0v) is 10.9. The lowest BCUT2D eigenvalue weighted by Gasteiger charge is -2.37. The van der Waals surface area contributed by atoms with Gasteiger partial charge in [0, 0.05) is 24.1 Å². The van der Waals surface area contributed by atoms with Crippen LogP contribution >= 0.6 is 0 Å². The monoisotopic (exact) mass is 280 g/mol. The van der Waals surface area contributed by atoms with Crippen molar-refractivity contribution in [2.75, 3.05) is 6.54 Å². The highest BCUT2D eigenvalue weighted by molar-refractivity contribution is 5.88. The number of ether oxygens (including phenoxy) is 1. The van der Waals surface area contributed by atoms with Crippen molar-refractivity contribution in [2.24, 2.45) is 0 Å². The van der Waals surface area contributed by atoms with Crippen LogP contribution in [0, 0.1) is 10.1 Å². The van der Waals surface area contributed by atoms with Crippen LogP contribution in [0.4, 0.5) is 0 Å². The summed E-state index contributed by atoms with van der Waals surface area (Å²) in [6.07, 6.45) is 10.7. The van der Waals surface area contributed by atoms with Gasteiger partial charge in [0.1, 0.15) is 0 Å². The Hall–Kier alpha value is -1.89. The highest BCUT2D eigenvalue weighted by Crippen LogP contribution is 2.51. The fraction of sp³-hybridized carbons (Fsp3) is 0.615. The number of fused-ring (bicyclic) bond motifs is 3. The van der Waals surface area contributed by atoms with Crippen LogP contribution in [-0.4, -0.2) is 45.4 Å². The Morgan fingerprint density at radius 2 is 2.25 bits per heavy atom. The Kier molecular flexibility index (Phi) is 3.01. The van der Waals surface area contributed by atoms with Crippen molar-refractivity contribution in [3.05, 3.63) is 33.9 Å². The third kappa shape index (κ3) is 1.89. The van der Waals surface area contributed by atoms with Crippen molar-refractivity contribution >= 4 is 5.97 Å². The van der Waals surface area contributed by atoms with Crippen molar-refractivity contribution < 1.29 is 19.8 Å². The van der Waals surface area contributed by atoms with Gasteiger partial charge in [-0.15, -0.1) is 10.1 Å². The smallest absolute Gasteiger partial charge is 0.332 e. The van der Waals surface area contributed by atoms with E-state index in [-0.39, 0.29) is 11.6 Å². The predicted octanol–water partition coefficient (Wildman–Crippen LogP) is 1.06. The minimum Gasteiger partial charge on any atom is -0.449 e. The maximum atomic E-state index is 11.5. The number of carbonyl (C=O) groups is 1. The molecule has 1 spiro atoms. The van der Waals surface area contributed by atoms with E-state index in [1.165, 1.54) is 19.3 Å². The number of nitrogens with zero attached hydrogens (tertiary/aromatic N) is 2. The summed E-state index contributed by atoms with van der Waals surface area (Å²) < 4.78 is 5.69. The molecule has 20 heavy (non-hydrogen) atoms. The molecule has 2 fully saturated rings. The Morgan fingerprint density at radius 3 is 3.00 bits per heavy atom. The maximum Gasteiger partial charge on any atom is 0.332 e. The average Bonchev–Trinajstić information content (AvgIpc) is 2.85. The third-order valence-electron chi connectivity index (χ3n) is 4.56. The molecule has 1 aliphatic carbocycles.